The molecule has 0 spiro atoms. The van der Waals surface area contributed by atoms with Gasteiger partial charge >= 0.3 is 5.97 Å². The van der Waals surface area contributed by atoms with Gasteiger partial charge in [-0.2, -0.15) is 0 Å². The van der Waals surface area contributed by atoms with Crippen molar-refractivity contribution < 1.29 is 14.3 Å². The molecule has 0 bridgehead atoms. The minimum atomic E-state index is -0.398. The Morgan fingerprint density at radius 3 is 2.53 bits per heavy atom. The van der Waals surface area contributed by atoms with E-state index in [1.807, 2.05) is 27.7 Å². The van der Waals surface area contributed by atoms with E-state index in [0.29, 0.717) is 12.5 Å². The van der Waals surface area contributed by atoms with Crippen LogP contribution in [-0.4, -0.2) is 24.8 Å². The lowest BCUT2D eigenvalue weighted by Gasteiger charge is -2.31. The van der Waals surface area contributed by atoms with E-state index in [-0.39, 0.29) is 11.6 Å². The zero-order chi connectivity index (χ0) is 13.1. The fourth-order valence-electron chi connectivity index (χ4n) is 2.78. The van der Waals surface area contributed by atoms with E-state index < -0.39 is 5.41 Å². The number of esters is 1. The van der Waals surface area contributed by atoms with Crippen molar-refractivity contribution in [2.45, 2.75) is 59.5 Å². The van der Waals surface area contributed by atoms with Gasteiger partial charge in [0.2, 0.25) is 0 Å². The molecule has 2 atom stereocenters. The van der Waals surface area contributed by atoms with Crippen LogP contribution in [0, 0.1) is 11.3 Å². The normalized spacial score (nSPS) is 29.4. The second-order valence-corrected chi connectivity index (χ2v) is 5.76. The third kappa shape index (κ3) is 3.21. The Balaban J connectivity index is 2.66. The Morgan fingerprint density at radius 2 is 2.00 bits per heavy atom. The lowest BCUT2D eigenvalue weighted by Crippen LogP contribution is -2.35. The van der Waals surface area contributed by atoms with Gasteiger partial charge in [-0.15, -0.1) is 0 Å². The van der Waals surface area contributed by atoms with Gasteiger partial charge in [-0.3, -0.25) is 4.79 Å². The van der Waals surface area contributed by atoms with E-state index in [2.05, 4.69) is 6.92 Å². The Kier molecular flexibility index (Phi) is 4.59. The van der Waals surface area contributed by atoms with Crippen molar-refractivity contribution in [2.75, 3.05) is 13.2 Å². The first-order chi connectivity index (χ1) is 7.85. The summed E-state index contributed by atoms with van der Waals surface area (Å²) < 4.78 is 11.0. The highest BCUT2D eigenvalue weighted by Gasteiger charge is 2.46. The zero-order valence-electron chi connectivity index (χ0n) is 11.8. The first-order valence-corrected chi connectivity index (χ1v) is 6.67. The predicted molar refractivity (Wildman–Crippen MR) is 67.8 cm³/mol. The molecule has 100 valence electrons. The molecule has 0 aromatic heterocycles. The molecular weight excluding hydrogens is 216 g/mol. The Labute approximate surface area is 105 Å². The molecule has 1 rings (SSSR count). The van der Waals surface area contributed by atoms with Crippen LogP contribution >= 0.6 is 0 Å². The number of hydrogen-bond acceptors (Lipinski definition) is 3. The van der Waals surface area contributed by atoms with E-state index in [9.17, 15) is 4.79 Å². The number of hydrogen-bond donors (Lipinski definition) is 0. The monoisotopic (exact) mass is 242 g/mol. The lowest BCUT2D eigenvalue weighted by atomic mass is 9.77. The van der Waals surface area contributed by atoms with Gasteiger partial charge in [0.1, 0.15) is 0 Å². The standard InChI is InChI=1S/C14H26O3/c1-6-16-12(15)13(3,4)11-8-9-14(5,10-11)17-7-2/h11H,6-10H2,1-5H3. The van der Waals surface area contributed by atoms with Crippen LogP contribution in [0.1, 0.15) is 53.9 Å². The quantitative estimate of drug-likeness (QED) is 0.695. The Morgan fingerprint density at radius 1 is 1.35 bits per heavy atom. The van der Waals surface area contributed by atoms with E-state index >= 15 is 0 Å². The molecule has 0 N–H and O–H groups in total. The highest BCUT2D eigenvalue weighted by Crippen LogP contribution is 2.46. The summed E-state index contributed by atoms with van der Waals surface area (Å²) in [6.45, 7) is 11.2. The summed E-state index contributed by atoms with van der Waals surface area (Å²) in [6.07, 6.45) is 3.03. The minimum Gasteiger partial charge on any atom is -0.466 e. The van der Waals surface area contributed by atoms with E-state index in [1.165, 1.54) is 0 Å². The van der Waals surface area contributed by atoms with Gasteiger partial charge in [-0.25, -0.2) is 0 Å². The van der Waals surface area contributed by atoms with Gasteiger partial charge in [0.15, 0.2) is 0 Å². The highest BCUT2D eigenvalue weighted by molar-refractivity contribution is 5.76. The minimum absolute atomic E-state index is 0.0524. The molecule has 0 radical (unpaired) electrons. The summed E-state index contributed by atoms with van der Waals surface area (Å²) in [5.41, 5.74) is -0.450. The lowest BCUT2D eigenvalue weighted by molar-refractivity contribution is -0.157. The van der Waals surface area contributed by atoms with Crippen LogP contribution in [-0.2, 0) is 14.3 Å². The number of carbonyl (C=O) groups excluding carboxylic acids is 1. The molecule has 0 aromatic rings. The van der Waals surface area contributed by atoms with Gasteiger partial charge in [0, 0.05) is 6.61 Å². The average molecular weight is 242 g/mol. The summed E-state index contributed by atoms with van der Waals surface area (Å²) in [7, 11) is 0. The van der Waals surface area contributed by atoms with Crippen LogP contribution < -0.4 is 0 Å². The molecule has 1 saturated carbocycles. The maximum absolute atomic E-state index is 12.0. The topological polar surface area (TPSA) is 35.5 Å². The first kappa shape index (κ1) is 14.5. The summed E-state index contributed by atoms with van der Waals surface area (Å²) in [5, 5.41) is 0. The van der Waals surface area contributed by atoms with E-state index in [4.69, 9.17) is 9.47 Å². The molecule has 0 saturated heterocycles. The second kappa shape index (κ2) is 5.38. The molecule has 0 aromatic carbocycles. The largest absolute Gasteiger partial charge is 0.466 e. The van der Waals surface area contributed by atoms with Crippen molar-refractivity contribution in [3.63, 3.8) is 0 Å². The van der Waals surface area contributed by atoms with E-state index in [1.54, 1.807) is 0 Å². The summed E-state index contributed by atoms with van der Waals surface area (Å²) in [6, 6.07) is 0. The molecule has 3 nitrogen and oxygen atoms in total. The Bertz CT molecular complexity index is 273. The van der Waals surface area contributed by atoms with Crippen LogP contribution in [0.15, 0.2) is 0 Å². The zero-order valence-corrected chi connectivity index (χ0v) is 11.8. The fraction of sp³-hybridized carbons (Fsp3) is 0.929. The third-order valence-electron chi connectivity index (χ3n) is 4.01. The molecule has 1 aliphatic carbocycles. The first-order valence-electron chi connectivity index (χ1n) is 6.67. The summed E-state index contributed by atoms with van der Waals surface area (Å²) in [5.74, 6) is 0.281. The van der Waals surface area contributed by atoms with Crippen molar-refractivity contribution >= 4 is 5.97 Å². The molecule has 2 unspecified atom stereocenters. The Hall–Kier alpha value is -0.570. The fourth-order valence-corrected chi connectivity index (χ4v) is 2.78. The van der Waals surface area contributed by atoms with Crippen molar-refractivity contribution in [1.29, 1.82) is 0 Å². The highest BCUT2D eigenvalue weighted by atomic mass is 16.5. The second-order valence-electron chi connectivity index (χ2n) is 5.76. The summed E-state index contributed by atoms with van der Waals surface area (Å²) >= 11 is 0. The maximum Gasteiger partial charge on any atom is 0.311 e. The van der Waals surface area contributed by atoms with Gasteiger partial charge in [0.05, 0.1) is 17.6 Å². The van der Waals surface area contributed by atoms with Gasteiger partial charge < -0.3 is 9.47 Å². The molecule has 1 aliphatic rings. The number of rotatable bonds is 5. The SMILES string of the molecule is CCOC(=O)C(C)(C)C1CCC(C)(OCC)C1. The molecule has 1 fully saturated rings. The van der Waals surface area contributed by atoms with Crippen molar-refractivity contribution in [1.82, 2.24) is 0 Å². The van der Waals surface area contributed by atoms with Crippen LogP contribution in [0.4, 0.5) is 0 Å². The van der Waals surface area contributed by atoms with Gasteiger partial charge in [0.25, 0.3) is 0 Å². The summed E-state index contributed by atoms with van der Waals surface area (Å²) in [4.78, 5) is 12.0. The smallest absolute Gasteiger partial charge is 0.311 e. The maximum atomic E-state index is 12.0. The van der Waals surface area contributed by atoms with Crippen LogP contribution in [0.25, 0.3) is 0 Å². The molecule has 0 heterocycles. The van der Waals surface area contributed by atoms with Crippen LogP contribution in [0.2, 0.25) is 0 Å². The van der Waals surface area contributed by atoms with Gasteiger partial charge in [-0.05, 0) is 59.8 Å². The van der Waals surface area contributed by atoms with E-state index in [0.717, 1.165) is 25.9 Å². The van der Waals surface area contributed by atoms with Crippen LogP contribution in [0.5, 0.6) is 0 Å². The van der Waals surface area contributed by atoms with Crippen molar-refractivity contribution in [3.05, 3.63) is 0 Å². The van der Waals surface area contributed by atoms with Gasteiger partial charge in [-0.1, -0.05) is 0 Å². The van der Waals surface area contributed by atoms with Crippen molar-refractivity contribution in [3.8, 4) is 0 Å². The molecular formula is C14H26O3. The predicted octanol–water partition coefficient (Wildman–Crippen LogP) is 3.17. The molecule has 0 amide bonds. The molecule has 0 aliphatic heterocycles. The molecule has 3 heteroatoms. The van der Waals surface area contributed by atoms with Crippen LogP contribution in [0.3, 0.4) is 0 Å². The van der Waals surface area contributed by atoms with Crippen molar-refractivity contribution in [2.24, 2.45) is 11.3 Å². The average Bonchev–Trinajstić information content (AvgIpc) is 2.62. The third-order valence-corrected chi connectivity index (χ3v) is 4.01. The number of carbonyl (C=O) groups is 1. The number of ether oxygens (including phenoxy) is 2. The molecule has 17 heavy (non-hydrogen) atoms.